The first-order valence-corrected chi connectivity index (χ1v) is 11.3. The Kier molecular flexibility index (Phi) is 4.65. The Balaban J connectivity index is 1.14. The Morgan fingerprint density at radius 3 is 2.26 bits per heavy atom. The quantitative estimate of drug-likeness (QED) is 0.420. The summed E-state index contributed by atoms with van der Waals surface area (Å²) in [5.41, 5.74) is 0.840. The number of ether oxygens (including phenoxy) is 1. The number of esters is 1. The van der Waals surface area contributed by atoms with Crippen molar-refractivity contribution in [2.75, 3.05) is 16.8 Å². The summed E-state index contributed by atoms with van der Waals surface area (Å²) < 4.78 is 18.1. The fourth-order valence-electron chi connectivity index (χ4n) is 5.93. The molecular weight excluding hydrogens is 439 g/mol. The predicted octanol–water partition coefficient (Wildman–Crippen LogP) is 3.18. The summed E-state index contributed by atoms with van der Waals surface area (Å²) in [5.74, 6) is -1.56. The van der Waals surface area contributed by atoms with Crippen LogP contribution in [0.1, 0.15) is 16.8 Å². The fourth-order valence-corrected chi connectivity index (χ4v) is 5.93. The van der Waals surface area contributed by atoms with E-state index in [0.717, 1.165) is 6.42 Å². The third-order valence-electron chi connectivity index (χ3n) is 7.47. The van der Waals surface area contributed by atoms with Gasteiger partial charge in [-0.25, -0.2) is 14.1 Å². The zero-order valence-electron chi connectivity index (χ0n) is 18.0. The van der Waals surface area contributed by atoms with E-state index < -0.39 is 24.3 Å². The third kappa shape index (κ3) is 3.24. The number of amides is 3. The van der Waals surface area contributed by atoms with Crippen molar-refractivity contribution in [1.29, 1.82) is 0 Å². The number of imide groups is 1. The van der Waals surface area contributed by atoms with Gasteiger partial charge in [0.05, 0.1) is 23.1 Å². The van der Waals surface area contributed by atoms with Crippen molar-refractivity contribution in [2.45, 2.75) is 6.42 Å². The average molecular weight is 460 g/mol. The second kappa shape index (κ2) is 7.62. The maximum Gasteiger partial charge on any atom is 0.338 e. The van der Waals surface area contributed by atoms with E-state index in [2.05, 4.69) is 17.5 Å². The number of benzene rings is 2. The van der Waals surface area contributed by atoms with Gasteiger partial charge in [0.25, 0.3) is 5.91 Å². The van der Waals surface area contributed by atoms with Crippen LogP contribution in [0.5, 0.6) is 0 Å². The van der Waals surface area contributed by atoms with Crippen LogP contribution in [0.4, 0.5) is 15.8 Å². The highest BCUT2D eigenvalue weighted by atomic mass is 19.1. The van der Waals surface area contributed by atoms with Gasteiger partial charge in [-0.05, 0) is 72.6 Å². The summed E-state index contributed by atoms with van der Waals surface area (Å²) in [6.45, 7) is -0.538. The third-order valence-corrected chi connectivity index (χ3v) is 7.47. The van der Waals surface area contributed by atoms with Crippen LogP contribution in [-0.4, -0.2) is 30.3 Å². The zero-order chi connectivity index (χ0) is 23.6. The normalized spacial score (nSPS) is 30.1. The summed E-state index contributed by atoms with van der Waals surface area (Å²) in [5, 5.41) is 2.51. The van der Waals surface area contributed by atoms with Crippen LogP contribution in [0.25, 0.3) is 0 Å². The van der Waals surface area contributed by atoms with Gasteiger partial charge in [0.15, 0.2) is 6.61 Å². The molecule has 172 valence electrons. The van der Waals surface area contributed by atoms with Crippen molar-refractivity contribution in [3.8, 4) is 0 Å². The molecule has 2 bridgehead atoms. The average Bonchev–Trinajstić information content (AvgIpc) is 3.62. The molecule has 1 aliphatic heterocycles. The fraction of sp³-hybridized carbons (Fsp3) is 0.308. The molecule has 3 fully saturated rings. The van der Waals surface area contributed by atoms with Crippen molar-refractivity contribution in [3.05, 3.63) is 72.1 Å². The molecule has 7 nitrogen and oxygen atoms in total. The Labute approximate surface area is 194 Å². The summed E-state index contributed by atoms with van der Waals surface area (Å²) in [6, 6.07) is 11.4. The lowest BCUT2D eigenvalue weighted by Gasteiger charge is -2.37. The largest absolute Gasteiger partial charge is 0.452 e. The van der Waals surface area contributed by atoms with Gasteiger partial charge in [-0.3, -0.25) is 14.4 Å². The zero-order valence-corrected chi connectivity index (χ0v) is 18.0. The summed E-state index contributed by atoms with van der Waals surface area (Å²) >= 11 is 0. The molecule has 2 saturated carbocycles. The molecule has 0 unspecified atom stereocenters. The van der Waals surface area contributed by atoms with Gasteiger partial charge in [-0.2, -0.15) is 0 Å². The number of nitrogens with zero attached hydrogens (tertiary/aromatic N) is 1. The van der Waals surface area contributed by atoms with E-state index in [-0.39, 0.29) is 41.0 Å². The Morgan fingerprint density at radius 1 is 0.971 bits per heavy atom. The van der Waals surface area contributed by atoms with Crippen LogP contribution in [0.15, 0.2) is 60.7 Å². The van der Waals surface area contributed by atoms with E-state index in [4.69, 9.17) is 4.74 Å². The molecule has 6 atom stereocenters. The van der Waals surface area contributed by atoms with Crippen molar-refractivity contribution in [1.82, 2.24) is 0 Å². The number of rotatable bonds is 5. The van der Waals surface area contributed by atoms with E-state index in [1.165, 1.54) is 41.3 Å². The standard InChI is InChI=1S/C26H21FN2O5/c27-14-4-6-15(7-5-14)28-21(30)12-34-26(33)13-2-1-3-16(10-13)29-24(31)22-17-8-9-18(20-11-19(17)20)23(22)25(29)32/h1-10,17-20,22-23H,11-12H2,(H,28,30)/t17-,18-,19-,20+,22+,23+/m0/s1. The lowest BCUT2D eigenvalue weighted by atomic mass is 9.63. The number of carbonyl (C=O) groups excluding carboxylic acids is 4. The first-order chi connectivity index (χ1) is 16.4. The van der Waals surface area contributed by atoms with Crippen molar-refractivity contribution < 1.29 is 28.3 Å². The second-order valence-corrected chi connectivity index (χ2v) is 9.35. The molecule has 3 amide bonds. The lowest BCUT2D eigenvalue weighted by molar-refractivity contribution is -0.124. The van der Waals surface area contributed by atoms with E-state index in [0.29, 0.717) is 23.2 Å². The predicted molar refractivity (Wildman–Crippen MR) is 119 cm³/mol. The van der Waals surface area contributed by atoms with Crippen LogP contribution in [0.2, 0.25) is 0 Å². The first-order valence-electron chi connectivity index (χ1n) is 11.3. The van der Waals surface area contributed by atoms with Crippen molar-refractivity contribution >= 4 is 35.1 Å². The molecule has 7 rings (SSSR count). The topological polar surface area (TPSA) is 92.8 Å². The minimum atomic E-state index is -0.754. The second-order valence-electron chi connectivity index (χ2n) is 9.35. The van der Waals surface area contributed by atoms with Gasteiger partial charge in [0.2, 0.25) is 11.8 Å². The summed E-state index contributed by atoms with van der Waals surface area (Å²) in [4.78, 5) is 52.4. The number of hydrogen-bond donors (Lipinski definition) is 1. The number of halogens is 1. The minimum Gasteiger partial charge on any atom is -0.452 e. The van der Waals surface area contributed by atoms with Gasteiger partial charge in [-0.15, -0.1) is 0 Å². The van der Waals surface area contributed by atoms with Gasteiger partial charge in [0, 0.05) is 5.69 Å². The van der Waals surface area contributed by atoms with Gasteiger partial charge in [0.1, 0.15) is 5.82 Å². The highest BCUT2D eigenvalue weighted by Gasteiger charge is 2.67. The Bertz CT molecular complexity index is 1220. The van der Waals surface area contributed by atoms with Crippen LogP contribution >= 0.6 is 0 Å². The van der Waals surface area contributed by atoms with Crippen LogP contribution in [0.3, 0.4) is 0 Å². The summed E-state index contributed by atoms with van der Waals surface area (Å²) in [6.07, 6.45) is 5.31. The van der Waals surface area contributed by atoms with E-state index in [9.17, 15) is 23.6 Å². The molecule has 5 aliphatic rings. The minimum absolute atomic E-state index is 0.120. The molecule has 1 heterocycles. The maximum atomic E-state index is 13.3. The lowest BCUT2D eigenvalue weighted by Crippen LogP contribution is -2.40. The first kappa shape index (κ1) is 20.8. The molecule has 0 spiro atoms. The number of hydrogen-bond acceptors (Lipinski definition) is 5. The van der Waals surface area contributed by atoms with Crippen molar-refractivity contribution in [2.24, 2.45) is 35.5 Å². The van der Waals surface area contributed by atoms with Crippen molar-refractivity contribution in [3.63, 3.8) is 0 Å². The molecule has 2 aromatic carbocycles. The van der Waals surface area contributed by atoms with Crippen LogP contribution < -0.4 is 10.2 Å². The SMILES string of the molecule is O=C(COC(=O)c1cccc(N2C(=O)[C@@H]3[C@H]4C=C[C@@H]([C@@H]5C[C@H]45)[C@H]3C2=O)c1)Nc1ccc(F)cc1. The highest BCUT2D eigenvalue weighted by Crippen LogP contribution is 2.65. The molecular formula is C26H21FN2O5. The van der Waals surface area contributed by atoms with Crippen LogP contribution in [0, 0.1) is 41.3 Å². The number of anilines is 2. The van der Waals surface area contributed by atoms with E-state index in [1.807, 2.05) is 0 Å². The van der Waals surface area contributed by atoms with Gasteiger partial charge in [-0.1, -0.05) is 18.2 Å². The van der Waals surface area contributed by atoms with Crippen LogP contribution in [-0.2, 0) is 19.1 Å². The Hall–Kier alpha value is -3.81. The van der Waals surface area contributed by atoms with E-state index in [1.54, 1.807) is 12.1 Å². The highest BCUT2D eigenvalue weighted by molar-refractivity contribution is 6.23. The molecule has 2 aromatic rings. The number of carbonyl (C=O) groups is 4. The molecule has 1 N–H and O–H groups in total. The van der Waals surface area contributed by atoms with E-state index >= 15 is 0 Å². The number of nitrogens with one attached hydrogen (secondary N) is 1. The maximum absolute atomic E-state index is 13.3. The molecule has 4 aliphatic carbocycles. The number of allylic oxidation sites excluding steroid dienone is 2. The molecule has 1 saturated heterocycles. The van der Waals surface area contributed by atoms with Gasteiger partial charge >= 0.3 is 5.97 Å². The Morgan fingerprint density at radius 2 is 1.62 bits per heavy atom. The monoisotopic (exact) mass is 460 g/mol. The molecule has 8 heteroatoms. The van der Waals surface area contributed by atoms with Gasteiger partial charge < -0.3 is 10.1 Å². The summed E-state index contributed by atoms with van der Waals surface area (Å²) in [7, 11) is 0. The molecule has 34 heavy (non-hydrogen) atoms. The molecule has 0 radical (unpaired) electrons. The molecule has 0 aromatic heterocycles. The smallest absolute Gasteiger partial charge is 0.338 e.